The molecule has 1 aliphatic heterocycles. The van der Waals surface area contributed by atoms with E-state index in [1.165, 1.54) is 41.9 Å². The highest BCUT2D eigenvalue weighted by atomic mass is 35.5. The first kappa shape index (κ1) is 27.3. The number of carbonyl (C=O) groups excluding carboxylic acids is 3. The number of alkyl halides is 1. The molecule has 0 atom stereocenters. The molecule has 1 saturated carbocycles. The number of ether oxygens (including phenoxy) is 1. The van der Waals surface area contributed by atoms with Crippen LogP contribution in [-0.2, 0) is 9.59 Å². The Labute approximate surface area is 214 Å². The molecule has 192 valence electrons. The summed E-state index contributed by atoms with van der Waals surface area (Å²) in [7, 11) is 0. The van der Waals surface area contributed by atoms with E-state index in [0.717, 1.165) is 49.8 Å². The number of carbonyl (C=O) groups is 3. The number of benzene rings is 1. The summed E-state index contributed by atoms with van der Waals surface area (Å²) in [6.07, 6.45) is 14.0. The second kappa shape index (κ2) is 14.3. The fourth-order valence-electron chi connectivity index (χ4n) is 4.77. The minimum absolute atomic E-state index is 0.0329. The van der Waals surface area contributed by atoms with Crippen molar-refractivity contribution in [3.05, 3.63) is 35.4 Å². The first-order valence-corrected chi connectivity index (χ1v) is 13.8. The van der Waals surface area contributed by atoms with Crippen molar-refractivity contribution in [3.63, 3.8) is 0 Å². The average Bonchev–Trinajstić information content (AvgIpc) is 2.87. The van der Waals surface area contributed by atoms with E-state index < -0.39 is 17.8 Å². The van der Waals surface area contributed by atoms with Crippen LogP contribution < -0.4 is 4.74 Å². The zero-order valence-electron chi connectivity index (χ0n) is 21.0. The summed E-state index contributed by atoms with van der Waals surface area (Å²) in [6, 6.07) is 6.74. The van der Waals surface area contributed by atoms with Gasteiger partial charge in [0.15, 0.2) is 0 Å². The maximum atomic E-state index is 13.3. The van der Waals surface area contributed by atoms with Crippen LogP contribution in [0.4, 0.5) is 4.79 Å². The van der Waals surface area contributed by atoms with Gasteiger partial charge in [-0.3, -0.25) is 19.4 Å². The quantitative estimate of drug-likeness (QED) is 0.132. The standard InChI is InChI=1S/C28H39ClN2O4/c1-2-3-4-5-6-10-20-35-24-16-14-22(15-17-24)21-25-26(32)30(19-11-18-29)28(34)31(27(25)33)23-12-8-7-9-13-23/h14-17,21,23H,2-13,18-20H2,1H3. The second-order valence-electron chi connectivity index (χ2n) is 9.49. The number of imide groups is 2. The third-order valence-electron chi connectivity index (χ3n) is 6.77. The monoisotopic (exact) mass is 502 g/mol. The largest absolute Gasteiger partial charge is 0.494 e. The fraction of sp³-hybridized carbons (Fsp3) is 0.607. The number of unbranched alkanes of at least 4 members (excludes halogenated alkanes) is 5. The molecule has 4 amide bonds. The number of hydrogen-bond acceptors (Lipinski definition) is 4. The average molecular weight is 503 g/mol. The molecule has 2 fully saturated rings. The molecule has 0 N–H and O–H groups in total. The van der Waals surface area contributed by atoms with Crippen LogP contribution in [0.15, 0.2) is 29.8 Å². The molecular formula is C28H39ClN2O4. The highest BCUT2D eigenvalue weighted by Gasteiger charge is 2.44. The SMILES string of the molecule is CCCCCCCCOc1ccc(C=C2C(=O)N(CCCCl)C(=O)N(C3CCCCC3)C2=O)cc1. The lowest BCUT2D eigenvalue weighted by Crippen LogP contribution is -2.59. The highest BCUT2D eigenvalue weighted by Crippen LogP contribution is 2.29. The normalized spacial score (nSPS) is 18.6. The Morgan fingerprint density at radius 3 is 2.29 bits per heavy atom. The van der Waals surface area contributed by atoms with Crippen molar-refractivity contribution in [1.82, 2.24) is 9.80 Å². The second-order valence-corrected chi connectivity index (χ2v) is 9.87. The lowest BCUT2D eigenvalue weighted by molar-refractivity contribution is -0.137. The van der Waals surface area contributed by atoms with Gasteiger partial charge in [0.2, 0.25) is 0 Å². The molecule has 1 saturated heterocycles. The van der Waals surface area contributed by atoms with Gasteiger partial charge in [-0.15, -0.1) is 11.6 Å². The third kappa shape index (κ3) is 7.57. The summed E-state index contributed by atoms with van der Waals surface area (Å²) in [5.41, 5.74) is 0.759. The maximum absolute atomic E-state index is 13.3. The van der Waals surface area contributed by atoms with Gasteiger partial charge in [0, 0.05) is 18.5 Å². The first-order valence-electron chi connectivity index (χ1n) is 13.3. The Morgan fingerprint density at radius 1 is 0.914 bits per heavy atom. The highest BCUT2D eigenvalue weighted by molar-refractivity contribution is 6.31. The van der Waals surface area contributed by atoms with Crippen molar-refractivity contribution in [1.29, 1.82) is 0 Å². The Balaban J connectivity index is 1.69. The van der Waals surface area contributed by atoms with Gasteiger partial charge < -0.3 is 4.74 Å². The van der Waals surface area contributed by atoms with Crippen LogP contribution in [0, 0.1) is 0 Å². The predicted molar refractivity (Wildman–Crippen MR) is 139 cm³/mol. The number of urea groups is 1. The van der Waals surface area contributed by atoms with E-state index in [0.29, 0.717) is 18.9 Å². The first-order chi connectivity index (χ1) is 17.1. The van der Waals surface area contributed by atoms with Gasteiger partial charge in [0.25, 0.3) is 11.8 Å². The molecule has 0 spiro atoms. The Morgan fingerprint density at radius 2 is 1.60 bits per heavy atom. The smallest absolute Gasteiger partial charge is 0.334 e. The van der Waals surface area contributed by atoms with Crippen LogP contribution in [-0.4, -0.2) is 52.7 Å². The van der Waals surface area contributed by atoms with Gasteiger partial charge in [-0.2, -0.15) is 0 Å². The van der Waals surface area contributed by atoms with Gasteiger partial charge in [0.1, 0.15) is 11.3 Å². The van der Waals surface area contributed by atoms with Crippen LogP contribution in [0.1, 0.15) is 89.5 Å². The fourth-order valence-corrected chi connectivity index (χ4v) is 4.89. The van der Waals surface area contributed by atoms with Gasteiger partial charge in [-0.1, -0.05) is 70.4 Å². The van der Waals surface area contributed by atoms with Crippen molar-refractivity contribution in [3.8, 4) is 5.75 Å². The summed E-state index contributed by atoms with van der Waals surface area (Å²) in [5, 5.41) is 0. The topological polar surface area (TPSA) is 66.9 Å². The van der Waals surface area contributed by atoms with E-state index in [2.05, 4.69) is 6.92 Å². The number of amides is 4. The van der Waals surface area contributed by atoms with Crippen LogP contribution in [0.2, 0.25) is 0 Å². The molecule has 0 unspecified atom stereocenters. The van der Waals surface area contributed by atoms with Crippen LogP contribution in [0.3, 0.4) is 0 Å². The zero-order valence-corrected chi connectivity index (χ0v) is 21.7. The molecule has 0 aromatic heterocycles. The Hall–Kier alpha value is -2.34. The lowest BCUT2D eigenvalue weighted by atomic mass is 9.93. The molecule has 6 nitrogen and oxygen atoms in total. The molecule has 1 aromatic carbocycles. The molecule has 35 heavy (non-hydrogen) atoms. The number of nitrogens with zero attached hydrogens (tertiary/aromatic N) is 2. The summed E-state index contributed by atoms with van der Waals surface area (Å²) in [6.45, 7) is 3.10. The third-order valence-corrected chi connectivity index (χ3v) is 7.04. The summed E-state index contributed by atoms with van der Waals surface area (Å²) in [4.78, 5) is 42.1. The van der Waals surface area contributed by atoms with E-state index in [9.17, 15) is 14.4 Å². The number of rotatable bonds is 13. The summed E-state index contributed by atoms with van der Waals surface area (Å²) in [5.74, 6) is 0.0796. The molecule has 1 aromatic rings. The van der Waals surface area contributed by atoms with Gasteiger partial charge >= 0.3 is 6.03 Å². The van der Waals surface area contributed by atoms with E-state index in [1.54, 1.807) is 6.08 Å². The van der Waals surface area contributed by atoms with Crippen molar-refractivity contribution >= 4 is 35.5 Å². The van der Waals surface area contributed by atoms with E-state index in [4.69, 9.17) is 16.3 Å². The van der Waals surface area contributed by atoms with Gasteiger partial charge in [-0.05, 0) is 49.5 Å². The summed E-state index contributed by atoms with van der Waals surface area (Å²) >= 11 is 5.83. The molecule has 3 rings (SSSR count). The van der Waals surface area contributed by atoms with E-state index in [-0.39, 0.29) is 18.2 Å². The van der Waals surface area contributed by atoms with Crippen molar-refractivity contribution in [2.24, 2.45) is 0 Å². The number of barbiturate groups is 1. The zero-order chi connectivity index (χ0) is 25.0. The Bertz CT molecular complexity index is 877. The predicted octanol–water partition coefficient (Wildman–Crippen LogP) is 6.56. The molecule has 0 bridgehead atoms. The van der Waals surface area contributed by atoms with Gasteiger partial charge in [0.05, 0.1) is 6.61 Å². The molecule has 2 aliphatic rings. The van der Waals surface area contributed by atoms with E-state index >= 15 is 0 Å². The minimum Gasteiger partial charge on any atom is -0.494 e. The Kier molecular flexibility index (Phi) is 11.1. The lowest BCUT2D eigenvalue weighted by Gasteiger charge is -2.39. The van der Waals surface area contributed by atoms with E-state index in [1.807, 2.05) is 24.3 Å². The molecule has 0 radical (unpaired) electrons. The summed E-state index contributed by atoms with van der Waals surface area (Å²) < 4.78 is 5.84. The van der Waals surface area contributed by atoms with Crippen molar-refractivity contribution in [2.45, 2.75) is 90.0 Å². The minimum atomic E-state index is -0.541. The number of halogens is 1. The van der Waals surface area contributed by atoms with Crippen LogP contribution in [0.5, 0.6) is 5.75 Å². The molecule has 1 aliphatic carbocycles. The molecular weight excluding hydrogens is 464 g/mol. The van der Waals surface area contributed by atoms with Crippen molar-refractivity contribution < 1.29 is 19.1 Å². The van der Waals surface area contributed by atoms with Gasteiger partial charge in [-0.25, -0.2) is 4.79 Å². The van der Waals surface area contributed by atoms with Crippen molar-refractivity contribution in [2.75, 3.05) is 19.0 Å². The maximum Gasteiger partial charge on any atom is 0.334 e. The molecule has 1 heterocycles. The molecule has 7 heteroatoms. The van der Waals surface area contributed by atoms with Crippen LogP contribution in [0.25, 0.3) is 6.08 Å². The van der Waals surface area contributed by atoms with Crippen LogP contribution >= 0.6 is 11.6 Å². The number of hydrogen-bond donors (Lipinski definition) is 0.